The Morgan fingerprint density at radius 1 is 1.47 bits per heavy atom. The Bertz CT molecular complexity index is 574. The summed E-state index contributed by atoms with van der Waals surface area (Å²) in [5.74, 6) is 0. The Labute approximate surface area is 85.4 Å². The van der Waals surface area contributed by atoms with Gasteiger partial charge in [-0.1, -0.05) is 0 Å². The van der Waals surface area contributed by atoms with Crippen molar-refractivity contribution in [3.63, 3.8) is 0 Å². The maximum Gasteiger partial charge on any atom is 0.271 e. The van der Waals surface area contributed by atoms with E-state index in [-0.39, 0.29) is 12.1 Å². The maximum atomic E-state index is 11.4. The average Bonchev–Trinajstić information content (AvgIpc) is 2.23. The van der Waals surface area contributed by atoms with Gasteiger partial charge in [-0.15, -0.1) is 0 Å². The largest absolute Gasteiger partial charge is 0.301 e. The lowest BCUT2D eigenvalue weighted by atomic mass is 10.3. The molecule has 0 amide bonds. The number of carbonyl (C=O) groups excluding carboxylic acids is 1. The summed E-state index contributed by atoms with van der Waals surface area (Å²) in [4.78, 5) is 30.0. The fourth-order valence-corrected chi connectivity index (χ4v) is 1.38. The molecule has 0 aromatic carbocycles. The standard InChI is InChI=1S/C10H9N3O2/c1-7-2-3-8-10(12-7)13(4-5-14)9(15)6-11-8/h2-3,5-6H,4H2,1H3. The van der Waals surface area contributed by atoms with Crippen LogP contribution in [0.5, 0.6) is 0 Å². The summed E-state index contributed by atoms with van der Waals surface area (Å²) in [6.07, 6.45) is 1.87. The number of rotatable bonds is 2. The monoisotopic (exact) mass is 203 g/mol. The lowest BCUT2D eigenvalue weighted by Crippen LogP contribution is -2.22. The van der Waals surface area contributed by atoms with E-state index < -0.39 is 0 Å². The van der Waals surface area contributed by atoms with Crippen molar-refractivity contribution in [2.75, 3.05) is 0 Å². The summed E-state index contributed by atoms with van der Waals surface area (Å²) in [5.41, 5.74) is 1.54. The molecule has 0 unspecified atom stereocenters. The summed E-state index contributed by atoms with van der Waals surface area (Å²) >= 11 is 0. The average molecular weight is 203 g/mol. The third-order valence-corrected chi connectivity index (χ3v) is 2.09. The zero-order valence-corrected chi connectivity index (χ0v) is 8.17. The van der Waals surface area contributed by atoms with Crippen LogP contribution in [0.3, 0.4) is 0 Å². The van der Waals surface area contributed by atoms with Crippen LogP contribution in [0.15, 0.2) is 23.1 Å². The van der Waals surface area contributed by atoms with Crippen LogP contribution in [0.4, 0.5) is 0 Å². The number of aldehydes is 1. The molecule has 2 heterocycles. The van der Waals surface area contributed by atoms with E-state index >= 15 is 0 Å². The van der Waals surface area contributed by atoms with Gasteiger partial charge in [0.2, 0.25) is 0 Å². The molecular weight excluding hydrogens is 194 g/mol. The van der Waals surface area contributed by atoms with E-state index in [1.807, 2.05) is 13.0 Å². The highest BCUT2D eigenvalue weighted by atomic mass is 16.1. The molecule has 0 aliphatic carbocycles. The minimum Gasteiger partial charge on any atom is -0.301 e. The molecule has 0 fully saturated rings. The van der Waals surface area contributed by atoms with Crippen molar-refractivity contribution in [2.45, 2.75) is 13.5 Å². The molecule has 0 saturated heterocycles. The number of hydrogen-bond donors (Lipinski definition) is 0. The first-order valence-corrected chi connectivity index (χ1v) is 4.49. The number of carbonyl (C=O) groups is 1. The number of hydrogen-bond acceptors (Lipinski definition) is 4. The molecule has 2 rings (SSSR count). The molecule has 0 aliphatic heterocycles. The first kappa shape index (κ1) is 9.51. The van der Waals surface area contributed by atoms with Crippen molar-refractivity contribution < 1.29 is 4.79 Å². The van der Waals surface area contributed by atoms with E-state index in [0.29, 0.717) is 17.5 Å². The second-order valence-corrected chi connectivity index (χ2v) is 3.17. The first-order valence-electron chi connectivity index (χ1n) is 4.49. The van der Waals surface area contributed by atoms with E-state index in [2.05, 4.69) is 9.97 Å². The smallest absolute Gasteiger partial charge is 0.271 e. The molecule has 5 heteroatoms. The topological polar surface area (TPSA) is 64.8 Å². The summed E-state index contributed by atoms with van der Waals surface area (Å²) in [5, 5.41) is 0. The van der Waals surface area contributed by atoms with Crippen LogP contribution in [-0.4, -0.2) is 20.8 Å². The Kier molecular flexibility index (Phi) is 2.29. The molecule has 0 radical (unpaired) electrons. The van der Waals surface area contributed by atoms with E-state index in [4.69, 9.17) is 0 Å². The van der Waals surface area contributed by atoms with Crippen molar-refractivity contribution >= 4 is 17.5 Å². The van der Waals surface area contributed by atoms with Crippen molar-refractivity contribution in [1.29, 1.82) is 0 Å². The Morgan fingerprint density at radius 2 is 2.27 bits per heavy atom. The SMILES string of the molecule is Cc1ccc2ncc(=O)n(CC=O)c2n1. The molecule has 5 nitrogen and oxygen atoms in total. The van der Waals surface area contributed by atoms with Gasteiger partial charge in [0.15, 0.2) is 5.65 Å². The van der Waals surface area contributed by atoms with Crippen molar-refractivity contribution in [3.8, 4) is 0 Å². The number of aryl methyl sites for hydroxylation is 1. The Balaban J connectivity index is 2.84. The molecule has 0 bridgehead atoms. The van der Waals surface area contributed by atoms with Gasteiger partial charge in [0.25, 0.3) is 5.56 Å². The third kappa shape index (κ3) is 1.63. The Hall–Kier alpha value is -2.04. The number of pyridine rings is 1. The molecule has 0 saturated carbocycles. The summed E-state index contributed by atoms with van der Waals surface area (Å²) in [7, 11) is 0. The zero-order chi connectivity index (χ0) is 10.8. The highest BCUT2D eigenvalue weighted by molar-refractivity contribution is 5.70. The van der Waals surface area contributed by atoms with Gasteiger partial charge in [0.05, 0.1) is 12.7 Å². The van der Waals surface area contributed by atoms with Crippen LogP contribution < -0.4 is 5.56 Å². The highest BCUT2D eigenvalue weighted by Gasteiger charge is 2.04. The van der Waals surface area contributed by atoms with Gasteiger partial charge in [-0.3, -0.25) is 9.36 Å². The predicted octanol–water partition coefficient (Wildman–Crippen LogP) is 0.299. The van der Waals surface area contributed by atoms with Crippen LogP contribution in [-0.2, 0) is 11.3 Å². The molecule has 0 aliphatic rings. The Morgan fingerprint density at radius 3 is 3.00 bits per heavy atom. The van der Waals surface area contributed by atoms with E-state index in [1.54, 1.807) is 6.07 Å². The fraction of sp³-hybridized carbons (Fsp3) is 0.200. The van der Waals surface area contributed by atoms with E-state index in [9.17, 15) is 9.59 Å². The highest BCUT2D eigenvalue weighted by Crippen LogP contribution is 2.06. The van der Waals surface area contributed by atoms with Gasteiger partial charge >= 0.3 is 0 Å². The van der Waals surface area contributed by atoms with Gasteiger partial charge in [0.1, 0.15) is 11.8 Å². The number of aromatic nitrogens is 3. The minimum absolute atomic E-state index is 0.00824. The lowest BCUT2D eigenvalue weighted by Gasteiger charge is -2.04. The maximum absolute atomic E-state index is 11.4. The fourth-order valence-electron chi connectivity index (χ4n) is 1.38. The second kappa shape index (κ2) is 3.61. The number of nitrogens with zero attached hydrogens (tertiary/aromatic N) is 3. The molecule has 0 atom stereocenters. The van der Waals surface area contributed by atoms with Crippen molar-refractivity contribution in [3.05, 3.63) is 34.4 Å². The zero-order valence-electron chi connectivity index (χ0n) is 8.17. The van der Waals surface area contributed by atoms with Crippen LogP contribution >= 0.6 is 0 Å². The van der Waals surface area contributed by atoms with E-state index in [0.717, 1.165) is 5.69 Å². The van der Waals surface area contributed by atoms with E-state index in [1.165, 1.54) is 10.8 Å². The summed E-state index contributed by atoms with van der Waals surface area (Å²) in [6.45, 7) is 1.83. The lowest BCUT2D eigenvalue weighted by molar-refractivity contribution is -0.108. The normalized spacial score (nSPS) is 10.5. The van der Waals surface area contributed by atoms with Crippen molar-refractivity contribution in [1.82, 2.24) is 14.5 Å². The van der Waals surface area contributed by atoms with Crippen LogP contribution in [0.1, 0.15) is 5.69 Å². The van der Waals surface area contributed by atoms with Gasteiger partial charge in [-0.25, -0.2) is 9.97 Å². The van der Waals surface area contributed by atoms with Gasteiger partial charge < -0.3 is 4.79 Å². The molecule has 15 heavy (non-hydrogen) atoms. The number of fused-ring (bicyclic) bond motifs is 1. The second-order valence-electron chi connectivity index (χ2n) is 3.17. The van der Waals surface area contributed by atoms with Gasteiger partial charge in [-0.05, 0) is 19.1 Å². The minimum atomic E-state index is -0.312. The molecule has 76 valence electrons. The third-order valence-electron chi connectivity index (χ3n) is 2.09. The quantitative estimate of drug-likeness (QED) is 0.658. The molecule has 2 aromatic rings. The molecule has 2 aromatic heterocycles. The summed E-state index contributed by atoms with van der Waals surface area (Å²) < 4.78 is 1.31. The van der Waals surface area contributed by atoms with Gasteiger partial charge in [-0.2, -0.15) is 0 Å². The summed E-state index contributed by atoms with van der Waals surface area (Å²) in [6, 6.07) is 3.59. The predicted molar refractivity (Wildman–Crippen MR) is 54.6 cm³/mol. The van der Waals surface area contributed by atoms with Crippen molar-refractivity contribution in [2.24, 2.45) is 0 Å². The van der Waals surface area contributed by atoms with Crippen LogP contribution in [0.25, 0.3) is 11.2 Å². The molecule has 0 spiro atoms. The van der Waals surface area contributed by atoms with Crippen LogP contribution in [0.2, 0.25) is 0 Å². The van der Waals surface area contributed by atoms with Gasteiger partial charge in [0, 0.05) is 5.69 Å². The molecular formula is C10H9N3O2. The van der Waals surface area contributed by atoms with Crippen LogP contribution in [0, 0.1) is 6.92 Å². The molecule has 0 N–H and O–H groups in total. The first-order chi connectivity index (χ1) is 7.22.